The Morgan fingerprint density at radius 3 is 2.84 bits per heavy atom. The van der Waals surface area contributed by atoms with Crippen LogP contribution >= 0.6 is 15.9 Å². The Bertz CT molecular complexity index is 401. The van der Waals surface area contributed by atoms with Gasteiger partial charge in [-0.15, -0.1) is 0 Å². The van der Waals surface area contributed by atoms with Crippen molar-refractivity contribution in [2.45, 2.75) is 6.10 Å². The third-order valence-electron chi connectivity index (χ3n) is 2.45. The average Bonchev–Trinajstić information content (AvgIpc) is 2.37. The number of halogens is 1. The summed E-state index contributed by atoms with van der Waals surface area (Å²) in [5, 5.41) is 5.83. The Hall–Kier alpha value is -0.950. The topological polar surface area (TPSA) is 59.6 Å². The van der Waals surface area contributed by atoms with Gasteiger partial charge < -0.3 is 20.1 Å². The van der Waals surface area contributed by atoms with Crippen molar-refractivity contribution in [2.75, 3.05) is 39.2 Å². The van der Waals surface area contributed by atoms with E-state index in [0.29, 0.717) is 13.2 Å². The zero-order chi connectivity index (χ0) is 14.1. The lowest BCUT2D eigenvalue weighted by Gasteiger charge is -2.14. The zero-order valence-electron chi connectivity index (χ0n) is 11.1. The van der Waals surface area contributed by atoms with Gasteiger partial charge in [-0.3, -0.25) is 4.79 Å². The summed E-state index contributed by atoms with van der Waals surface area (Å²) in [4.78, 5) is 11.7. The highest BCUT2D eigenvalue weighted by atomic mass is 79.9. The standard InChI is InChI=1S/C13H19BrN2O3/c1-18-9-12(19-2)7-15-8-13(17)16-11-5-3-4-10(14)6-11/h3-6,12,15H,7-9H2,1-2H3,(H,16,17). The van der Waals surface area contributed by atoms with Gasteiger partial charge in [-0.1, -0.05) is 22.0 Å². The predicted octanol–water partition coefficient (Wildman–Crippen LogP) is 1.64. The van der Waals surface area contributed by atoms with Crippen molar-refractivity contribution in [3.05, 3.63) is 28.7 Å². The lowest BCUT2D eigenvalue weighted by molar-refractivity contribution is -0.115. The van der Waals surface area contributed by atoms with Crippen LogP contribution in [0.1, 0.15) is 0 Å². The molecule has 19 heavy (non-hydrogen) atoms. The van der Waals surface area contributed by atoms with Crippen LogP contribution in [0.2, 0.25) is 0 Å². The Balaban J connectivity index is 2.28. The third kappa shape index (κ3) is 6.68. The Morgan fingerprint density at radius 1 is 1.42 bits per heavy atom. The number of rotatable bonds is 8. The van der Waals surface area contributed by atoms with E-state index >= 15 is 0 Å². The van der Waals surface area contributed by atoms with Crippen molar-refractivity contribution in [3.8, 4) is 0 Å². The molecule has 106 valence electrons. The normalized spacial score (nSPS) is 12.2. The molecule has 0 saturated heterocycles. The molecule has 1 amide bonds. The first kappa shape index (κ1) is 16.1. The monoisotopic (exact) mass is 330 g/mol. The van der Waals surface area contributed by atoms with E-state index in [1.807, 2.05) is 24.3 Å². The molecule has 0 aromatic heterocycles. The smallest absolute Gasteiger partial charge is 0.238 e. The van der Waals surface area contributed by atoms with Crippen LogP contribution in [-0.2, 0) is 14.3 Å². The highest BCUT2D eigenvalue weighted by Gasteiger charge is 2.08. The summed E-state index contributed by atoms with van der Waals surface area (Å²) in [5.41, 5.74) is 0.765. The van der Waals surface area contributed by atoms with E-state index in [9.17, 15) is 4.79 Å². The fourth-order valence-electron chi connectivity index (χ4n) is 1.51. The maximum atomic E-state index is 11.7. The van der Waals surface area contributed by atoms with Gasteiger partial charge >= 0.3 is 0 Å². The number of benzene rings is 1. The van der Waals surface area contributed by atoms with Crippen LogP contribution < -0.4 is 10.6 Å². The van der Waals surface area contributed by atoms with Gasteiger partial charge in [0.05, 0.1) is 19.3 Å². The van der Waals surface area contributed by atoms with Crippen molar-refractivity contribution in [3.63, 3.8) is 0 Å². The van der Waals surface area contributed by atoms with E-state index in [1.54, 1.807) is 14.2 Å². The zero-order valence-corrected chi connectivity index (χ0v) is 12.7. The van der Waals surface area contributed by atoms with E-state index < -0.39 is 0 Å². The number of hydrogen-bond acceptors (Lipinski definition) is 4. The predicted molar refractivity (Wildman–Crippen MR) is 78.3 cm³/mol. The number of amides is 1. The van der Waals surface area contributed by atoms with Gasteiger partial charge in [0.2, 0.25) is 5.91 Å². The fraction of sp³-hybridized carbons (Fsp3) is 0.462. The molecule has 0 aliphatic carbocycles. The molecule has 6 heteroatoms. The first-order valence-electron chi connectivity index (χ1n) is 5.93. The largest absolute Gasteiger partial charge is 0.382 e. The lowest BCUT2D eigenvalue weighted by atomic mass is 10.3. The Labute approximate surface area is 121 Å². The molecule has 0 spiro atoms. The summed E-state index contributed by atoms with van der Waals surface area (Å²) in [6.45, 7) is 1.29. The van der Waals surface area contributed by atoms with Gasteiger partial charge in [-0.25, -0.2) is 0 Å². The van der Waals surface area contributed by atoms with Crippen LogP contribution in [-0.4, -0.2) is 45.9 Å². The summed E-state index contributed by atoms with van der Waals surface area (Å²) in [6.07, 6.45) is -0.0522. The number of methoxy groups -OCH3 is 2. The molecular weight excluding hydrogens is 312 g/mol. The molecule has 0 saturated carbocycles. The summed E-state index contributed by atoms with van der Waals surface area (Å²) in [6, 6.07) is 7.46. The van der Waals surface area contributed by atoms with E-state index in [1.165, 1.54) is 0 Å². The van der Waals surface area contributed by atoms with Crippen molar-refractivity contribution < 1.29 is 14.3 Å². The summed E-state index contributed by atoms with van der Waals surface area (Å²) in [7, 11) is 3.24. The molecule has 1 rings (SSSR count). The molecule has 0 heterocycles. The van der Waals surface area contributed by atoms with Crippen molar-refractivity contribution in [1.82, 2.24) is 5.32 Å². The molecule has 0 bridgehead atoms. The molecule has 1 atom stereocenters. The highest BCUT2D eigenvalue weighted by Crippen LogP contribution is 2.15. The van der Waals surface area contributed by atoms with Crippen molar-refractivity contribution >= 4 is 27.5 Å². The van der Waals surface area contributed by atoms with Gasteiger partial charge in [0.1, 0.15) is 0 Å². The number of hydrogen-bond donors (Lipinski definition) is 2. The van der Waals surface area contributed by atoms with Crippen LogP contribution in [0.5, 0.6) is 0 Å². The molecule has 0 aliphatic rings. The van der Waals surface area contributed by atoms with Gasteiger partial charge in [0, 0.05) is 30.9 Å². The minimum absolute atomic E-state index is 0.0522. The summed E-state index contributed by atoms with van der Waals surface area (Å²) < 4.78 is 11.1. The summed E-state index contributed by atoms with van der Waals surface area (Å²) in [5.74, 6) is -0.0923. The first-order valence-corrected chi connectivity index (χ1v) is 6.73. The SMILES string of the molecule is COCC(CNCC(=O)Nc1cccc(Br)c1)OC. The molecule has 0 fully saturated rings. The molecule has 1 aromatic carbocycles. The van der Waals surface area contributed by atoms with Crippen LogP contribution in [0, 0.1) is 0 Å². The highest BCUT2D eigenvalue weighted by molar-refractivity contribution is 9.10. The van der Waals surface area contributed by atoms with Gasteiger partial charge in [-0.05, 0) is 18.2 Å². The van der Waals surface area contributed by atoms with Crippen LogP contribution in [0.4, 0.5) is 5.69 Å². The van der Waals surface area contributed by atoms with E-state index in [0.717, 1.165) is 10.2 Å². The van der Waals surface area contributed by atoms with Crippen LogP contribution in [0.3, 0.4) is 0 Å². The minimum Gasteiger partial charge on any atom is -0.382 e. The molecule has 2 N–H and O–H groups in total. The summed E-state index contributed by atoms with van der Waals surface area (Å²) >= 11 is 3.35. The van der Waals surface area contributed by atoms with E-state index in [-0.39, 0.29) is 18.6 Å². The number of anilines is 1. The molecule has 1 unspecified atom stereocenters. The minimum atomic E-state index is -0.0923. The van der Waals surface area contributed by atoms with Crippen molar-refractivity contribution in [1.29, 1.82) is 0 Å². The van der Waals surface area contributed by atoms with Crippen molar-refractivity contribution in [2.24, 2.45) is 0 Å². The number of nitrogens with one attached hydrogen (secondary N) is 2. The maximum Gasteiger partial charge on any atom is 0.238 e. The maximum absolute atomic E-state index is 11.7. The average molecular weight is 331 g/mol. The number of ether oxygens (including phenoxy) is 2. The van der Waals surface area contributed by atoms with Crippen LogP contribution in [0.25, 0.3) is 0 Å². The fourth-order valence-corrected chi connectivity index (χ4v) is 1.91. The van der Waals surface area contributed by atoms with Gasteiger partial charge in [0.15, 0.2) is 0 Å². The third-order valence-corrected chi connectivity index (χ3v) is 2.95. The molecule has 1 aromatic rings. The Morgan fingerprint density at radius 2 is 2.21 bits per heavy atom. The molecule has 0 radical (unpaired) electrons. The molecular formula is C13H19BrN2O3. The number of carbonyl (C=O) groups is 1. The molecule has 5 nitrogen and oxygen atoms in total. The second kappa shape index (κ2) is 9.03. The van der Waals surface area contributed by atoms with Crippen LogP contribution in [0.15, 0.2) is 28.7 Å². The van der Waals surface area contributed by atoms with E-state index in [2.05, 4.69) is 26.6 Å². The van der Waals surface area contributed by atoms with Gasteiger partial charge in [0.25, 0.3) is 0 Å². The quantitative estimate of drug-likeness (QED) is 0.760. The van der Waals surface area contributed by atoms with E-state index in [4.69, 9.17) is 9.47 Å². The second-order valence-corrected chi connectivity index (χ2v) is 4.92. The Kier molecular flexibility index (Phi) is 7.66. The van der Waals surface area contributed by atoms with Gasteiger partial charge in [-0.2, -0.15) is 0 Å². The lowest BCUT2D eigenvalue weighted by Crippen LogP contribution is -2.36. The number of carbonyl (C=O) groups excluding carboxylic acids is 1. The molecule has 0 aliphatic heterocycles. The second-order valence-electron chi connectivity index (χ2n) is 4.00. The first-order chi connectivity index (χ1) is 9.15.